The van der Waals surface area contributed by atoms with Crippen LogP contribution in [-0.2, 0) is 12.4 Å². The molecule has 3 aromatic rings. The molecule has 1 atom stereocenters. The Labute approximate surface area is 148 Å². The number of fused-ring (bicyclic) bond motifs is 1. The molecule has 1 aromatic carbocycles. The lowest BCUT2D eigenvalue weighted by Crippen LogP contribution is -2.07. The molecule has 3 N–H and O–H groups in total. The summed E-state index contributed by atoms with van der Waals surface area (Å²) in [6.07, 6.45) is 3.56. The fourth-order valence-electron chi connectivity index (χ4n) is 2.89. The van der Waals surface area contributed by atoms with Gasteiger partial charge < -0.3 is 19.4 Å². The highest BCUT2D eigenvalue weighted by Crippen LogP contribution is 2.50. The number of ether oxygens (including phenoxy) is 1. The Kier molecular flexibility index (Phi) is 4.73. The van der Waals surface area contributed by atoms with E-state index in [0.29, 0.717) is 10.9 Å². The van der Waals surface area contributed by atoms with E-state index in [2.05, 4.69) is 15.0 Å². The van der Waals surface area contributed by atoms with E-state index >= 15 is 0 Å². The fraction of sp³-hybridized carbons (Fsp3) is 0.333. The van der Waals surface area contributed by atoms with E-state index in [9.17, 15) is 9.66 Å². The number of aliphatic hydroxyl groups excluding tert-OH is 1. The van der Waals surface area contributed by atoms with Crippen molar-refractivity contribution in [3.8, 4) is 5.75 Å². The number of hydrogen-bond donors (Lipinski definition) is 3. The van der Waals surface area contributed by atoms with Crippen molar-refractivity contribution in [1.29, 1.82) is 0 Å². The molecule has 0 spiro atoms. The molecule has 0 aliphatic rings. The highest BCUT2D eigenvalue weighted by molar-refractivity contribution is 8.27. The van der Waals surface area contributed by atoms with Gasteiger partial charge in [-0.2, -0.15) is 0 Å². The van der Waals surface area contributed by atoms with Crippen molar-refractivity contribution in [3.05, 3.63) is 46.8 Å². The maximum Gasteiger partial charge on any atom is 0.171 e. The number of aromatic amines is 1. The third kappa shape index (κ3) is 3.35. The zero-order valence-electron chi connectivity index (χ0n) is 14.8. The molecule has 134 valence electrons. The van der Waals surface area contributed by atoms with Gasteiger partial charge in [0.1, 0.15) is 5.75 Å². The van der Waals surface area contributed by atoms with Gasteiger partial charge in [-0.15, -0.1) is 0 Å². The molecule has 3 rings (SSSR count). The number of aromatic nitrogens is 3. The van der Waals surface area contributed by atoms with E-state index in [0.717, 1.165) is 39.2 Å². The van der Waals surface area contributed by atoms with E-state index in [-0.39, 0.29) is 6.61 Å². The van der Waals surface area contributed by atoms with Crippen molar-refractivity contribution < 1.29 is 14.4 Å². The standard InChI is InChI=1S/C18H23N3O3S/c1-11-8-19-16(12(2)17(11)24-3)10-25(4,23)18-20-14-6-5-13(9-22)7-15(14)21-18/h5-8,22-23H,9-10H2,1-4H3,(H,20,21). The van der Waals surface area contributed by atoms with Gasteiger partial charge in [-0.05, 0) is 37.8 Å². The molecule has 0 amide bonds. The number of pyridine rings is 1. The van der Waals surface area contributed by atoms with Crippen LogP contribution in [0.2, 0.25) is 0 Å². The SMILES string of the molecule is COc1c(C)cnc(CS(C)(O)c2nc3ccc(CO)cc3[nH]2)c1C. The summed E-state index contributed by atoms with van der Waals surface area (Å²) >= 11 is 0. The van der Waals surface area contributed by atoms with Gasteiger partial charge in [0.05, 0.1) is 30.4 Å². The van der Waals surface area contributed by atoms with Gasteiger partial charge in [0.15, 0.2) is 5.16 Å². The first-order valence-electron chi connectivity index (χ1n) is 7.93. The molecule has 7 heteroatoms. The number of aryl methyl sites for hydroxylation is 1. The maximum absolute atomic E-state index is 11.1. The number of aliphatic hydroxyl groups is 1. The molecule has 0 aliphatic heterocycles. The number of nitrogens with one attached hydrogen (secondary N) is 1. The van der Waals surface area contributed by atoms with Crippen molar-refractivity contribution in [2.24, 2.45) is 0 Å². The van der Waals surface area contributed by atoms with Gasteiger partial charge in [-0.25, -0.2) is 4.98 Å². The van der Waals surface area contributed by atoms with Crippen LogP contribution in [0.5, 0.6) is 5.75 Å². The summed E-state index contributed by atoms with van der Waals surface area (Å²) in [5.74, 6) is 1.19. The minimum atomic E-state index is -2.20. The Morgan fingerprint density at radius 2 is 2.04 bits per heavy atom. The largest absolute Gasteiger partial charge is 0.496 e. The van der Waals surface area contributed by atoms with Crippen LogP contribution in [-0.4, -0.2) is 38.0 Å². The van der Waals surface area contributed by atoms with Gasteiger partial charge in [-0.3, -0.25) is 4.98 Å². The minimum absolute atomic E-state index is 0.0280. The zero-order valence-corrected chi connectivity index (χ0v) is 15.6. The monoisotopic (exact) mass is 361 g/mol. The summed E-state index contributed by atoms with van der Waals surface area (Å²) in [6.45, 7) is 3.88. The van der Waals surface area contributed by atoms with Gasteiger partial charge in [-0.1, -0.05) is 16.4 Å². The van der Waals surface area contributed by atoms with E-state index in [1.807, 2.05) is 32.0 Å². The number of H-pyrrole nitrogens is 1. The highest BCUT2D eigenvalue weighted by atomic mass is 32.3. The summed E-state index contributed by atoms with van der Waals surface area (Å²) in [5, 5.41) is 9.82. The average molecular weight is 361 g/mol. The Bertz CT molecular complexity index is 921. The predicted molar refractivity (Wildman–Crippen MR) is 100 cm³/mol. The van der Waals surface area contributed by atoms with Crippen molar-refractivity contribution in [3.63, 3.8) is 0 Å². The molecule has 2 aromatic heterocycles. The van der Waals surface area contributed by atoms with Gasteiger partial charge in [0.2, 0.25) is 0 Å². The van der Waals surface area contributed by atoms with Crippen molar-refractivity contribution >= 4 is 21.3 Å². The molecule has 2 heterocycles. The Morgan fingerprint density at radius 3 is 2.72 bits per heavy atom. The Hall–Kier alpha value is -2.09. The third-order valence-corrected chi connectivity index (χ3v) is 6.15. The van der Waals surface area contributed by atoms with E-state index in [4.69, 9.17) is 4.74 Å². The molecule has 0 saturated carbocycles. The lowest BCUT2D eigenvalue weighted by atomic mass is 10.1. The highest BCUT2D eigenvalue weighted by Gasteiger charge is 2.25. The average Bonchev–Trinajstić information content (AvgIpc) is 3.02. The number of benzene rings is 1. The minimum Gasteiger partial charge on any atom is -0.496 e. The number of rotatable bonds is 5. The lowest BCUT2D eigenvalue weighted by molar-refractivity contribution is 0.282. The first kappa shape index (κ1) is 17.7. The van der Waals surface area contributed by atoms with Crippen molar-refractivity contribution in [1.82, 2.24) is 15.0 Å². The molecular formula is C18H23N3O3S. The van der Waals surface area contributed by atoms with Crippen molar-refractivity contribution in [2.75, 3.05) is 13.4 Å². The second kappa shape index (κ2) is 6.67. The molecule has 1 unspecified atom stereocenters. The smallest absolute Gasteiger partial charge is 0.171 e. The molecule has 0 saturated heterocycles. The second-order valence-electron chi connectivity index (χ2n) is 6.28. The second-order valence-corrected chi connectivity index (χ2v) is 9.04. The zero-order chi connectivity index (χ0) is 18.2. The quantitative estimate of drug-likeness (QED) is 0.646. The number of methoxy groups -OCH3 is 1. The topological polar surface area (TPSA) is 91.3 Å². The van der Waals surface area contributed by atoms with Crippen LogP contribution in [0.4, 0.5) is 0 Å². The predicted octanol–water partition coefficient (Wildman–Crippen LogP) is 3.54. The van der Waals surface area contributed by atoms with Crippen LogP contribution in [0.15, 0.2) is 29.6 Å². The molecule has 0 fully saturated rings. The summed E-state index contributed by atoms with van der Waals surface area (Å²) in [7, 11) is -0.561. The van der Waals surface area contributed by atoms with Crippen LogP contribution in [0.3, 0.4) is 0 Å². The molecule has 6 nitrogen and oxygen atoms in total. The van der Waals surface area contributed by atoms with Crippen LogP contribution in [0.25, 0.3) is 11.0 Å². The van der Waals surface area contributed by atoms with Crippen LogP contribution in [0, 0.1) is 13.8 Å². The first-order chi connectivity index (χ1) is 11.9. The number of imidazole rings is 1. The molecule has 0 aliphatic carbocycles. The summed E-state index contributed by atoms with van der Waals surface area (Å²) in [5.41, 5.74) is 5.09. The van der Waals surface area contributed by atoms with Crippen LogP contribution in [0.1, 0.15) is 22.4 Å². The number of hydrogen-bond acceptors (Lipinski definition) is 5. The summed E-state index contributed by atoms with van der Waals surface area (Å²) in [4.78, 5) is 12.2. The summed E-state index contributed by atoms with van der Waals surface area (Å²) in [6, 6.07) is 5.52. The number of nitrogens with zero attached hydrogens (tertiary/aromatic N) is 2. The van der Waals surface area contributed by atoms with E-state index in [1.165, 1.54) is 0 Å². The van der Waals surface area contributed by atoms with Crippen LogP contribution < -0.4 is 4.74 Å². The maximum atomic E-state index is 11.1. The Balaban J connectivity index is 1.97. The normalized spacial score (nSPS) is 15.1. The molecule has 0 radical (unpaired) electrons. The fourth-order valence-corrected chi connectivity index (χ4v) is 4.48. The van der Waals surface area contributed by atoms with E-state index < -0.39 is 10.3 Å². The van der Waals surface area contributed by atoms with E-state index in [1.54, 1.807) is 19.6 Å². The van der Waals surface area contributed by atoms with Gasteiger partial charge in [0.25, 0.3) is 0 Å². The molecular weight excluding hydrogens is 338 g/mol. The summed E-state index contributed by atoms with van der Waals surface area (Å²) < 4.78 is 16.5. The first-order valence-corrected chi connectivity index (χ1v) is 10.1. The lowest BCUT2D eigenvalue weighted by Gasteiger charge is -2.27. The third-order valence-electron chi connectivity index (χ3n) is 4.29. The molecule has 25 heavy (non-hydrogen) atoms. The Morgan fingerprint density at radius 1 is 1.28 bits per heavy atom. The van der Waals surface area contributed by atoms with Crippen LogP contribution >= 0.6 is 10.3 Å². The van der Waals surface area contributed by atoms with Gasteiger partial charge in [0, 0.05) is 23.1 Å². The molecule has 0 bridgehead atoms. The van der Waals surface area contributed by atoms with Crippen molar-refractivity contribution in [2.45, 2.75) is 31.4 Å². The van der Waals surface area contributed by atoms with Gasteiger partial charge >= 0.3 is 0 Å².